The average molecular weight is 356 g/mol. The Morgan fingerprint density at radius 2 is 2.08 bits per heavy atom. The molecule has 0 atom stereocenters. The highest BCUT2D eigenvalue weighted by Gasteiger charge is 2.21. The summed E-state index contributed by atoms with van der Waals surface area (Å²) in [5, 5.41) is 7.85. The summed E-state index contributed by atoms with van der Waals surface area (Å²) >= 11 is 0. The highest BCUT2D eigenvalue weighted by atomic mass is 16.2. The van der Waals surface area contributed by atoms with Crippen LogP contribution in [0.5, 0.6) is 0 Å². The van der Waals surface area contributed by atoms with Gasteiger partial charge in [0.05, 0.1) is 24.5 Å². The molecule has 3 rings (SSSR count). The lowest BCUT2D eigenvalue weighted by atomic mass is 10.2. The molecule has 2 aromatic rings. The van der Waals surface area contributed by atoms with E-state index in [0.29, 0.717) is 24.5 Å². The number of rotatable bonds is 4. The highest BCUT2D eigenvalue weighted by Crippen LogP contribution is 2.16. The molecule has 0 unspecified atom stereocenters. The van der Waals surface area contributed by atoms with Crippen molar-refractivity contribution in [1.29, 1.82) is 0 Å². The molecule has 0 aromatic carbocycles. The van der Waals surface area contributed by atoms with Gasteiger partial charge in [-0.3, -0.25) is 9.48 Å². The number of urea groups is 1. The summed E-state index contributed by atoms with van der Waals surface area (Å²) in [7, 11) is 3.54. The van der Waals surface area contributed by atoms with Gasteiger partial charge in [-0.1, -0.05) is 0 Å². The van der Waals surface area contributed by atoms with Crippen LogP contribution in [0.2, 0.25) is 0 Å². The van der Waals surface area contributed by atoms with Crippen molar-refractivity contribution < 1.29 is 9.59 Å². The molecule has 0 bridgehead atoms. The lowest BCUT2D eigenvalue weighted by Crippen LogP contribution is -2.38. The fourth-order valence-electron chi connectivity index (χ4n) is 2.94. The number of ketones is 1. The van der Waals surface area contributed by atoms with Gasteiger partial charge in [-0.05, 0) is 31.5 Å². The third-order valence-electron chi connectivity index (χ3n) is 4.34. The van der Waals surface area contributed by atoms with Gasteiger partial charge in [0.1, 0.15) is 5.82 Å². The number of amides is 2. The number of hydrogen-bond donors (Lipinski definition) is 1. The first-order chi connectivity index (χ1) is 12.4. The van der Waals surface area contributed by atoms with Crippen molar-refractivity contribution in [1.82, 2.24) is 24.6 Å². The summed E-state index contributed by atoms with van der Waals surface area (Å²) < 4.78 is 1.98. The molecule has 1 N–H and O–H groups in total. The number of Topliss-reactive ketones (excluding diaryl/α,β-unsaturated/α-hetero) is 1. The van der Waals surface area contributed by atoms with Crippen LogP contribution in [0.25, 0.3) is 0 Å². The minimum atomic E-state index is -0.00119. The summed E-state index contributed by atoms with van der Waals surface area (Å²) in [4.78, 5) is 31.2. The fraction of sp³-hybridized carbons (Fsp3) is 0.444. The van der Waals surface area contributed by atoms with Gasteiger partial charge in [0, 0.05) is 38.9 Å². The Labute approximate surface area is 152 Å². The lowest BCUT2D eigenvalue weighted by molar-refractivity contribution is 0.101. The lowest BCUT2D eigenvalue weighted by Gasteiger charge is -2.23. The predicted molar refractivity (Wildman–Crippen MR) is 97.9 cm³/mol. The Kier molecular flexibility index (Phi) is 5.20. The molecule has 0 fully saturated rings. The number of carbonyl (C=O) groups is 2. The molecular formula is C18H24N6O2. The van der Waals surface area contributed by atoms with Gasteiger partial charge in [-0.2, -0.15) is 5.10 Å². The molecule has 8 nitrogen and oxygen atoms in total. The number of anilines is 1. The molecule has 1 aliphatic heterocycles. The Morgan fingerprint density at radius 3 is 2.73 bits per heavy atom. The molecule has 0 saturated carbocycles. The molecule has 2 aromatic heterocycles. The molecule has 1 aliphatic rings. The maximum absolute atomic E-state index is 12.2. The molecule has 0 aliphatic carbocycles. The number of aryl methyl sites for hydroxylation is 1. The zero-order chi connectivity index (χ0) is 18.7. The van der Waals surface area contributed by atoms with Gasteiger partial charge in [0.2, 0.25) is 0 Å². The smallest absolute Gasteiger partial charge is 0.319 e. The Morgan fingerprint density at radius 1 is 1.27 bits per heavy atom. The number of fused-ring (bicyclic) bond motifs is 1. The Hall–Kier alpha value is -2.90. The summed E-state index contributed by atoms with van der Waals surface area (Å²) in [6, 6.07) is 5.59. The maximum Gasteiger partial charge on any atom is 0.319 e. The molecule has 0 spiro atoms. The first-order valence-electron chi connectivity index (χ1n) is 8.66. The van der Waals surface area contributed by atoms with Crippen LogP contribution in [-0.4, -0.2) is 57.0 Å². The van der Waals surface area contributed by atoms with E-state index in [-0.39, 0.29) is 11.8 Å². The van der Waals surface area contributed by atoms with Gasteiger partial charge in [0.15, 0.2) is 5.78 Å². The molecule has 3 heterocycles. The number of carbonyl (C=O) groups excluding carboxylic acids is 2. The maximum atomic E-state index is 12.2. The second-order valence-corrected chi connectivity index (χ2v) is 6.64. The quantitative estimate of drug-likeness (QED) is 0.847. The monoisotopic (exact) mass is 356 g/mol. The molecular weight excluding hydrogens is 332 g/mol. The van der Waals surface area contributed by atoms with Crippen molar-refractivity contribution >= 4 is 17.6 Å². The third-order valence-corrected chi connectivity index (χ3v) is 4.34. The topological polar surface area (TPSA) is 83.4 Å². The van der Waals surface area contributed by atoms with E-state index in [1.165, 1.54) is 6.92 Å². The molecule has 2 amide bonds. The number of nitrogens with zero attached hydrogens (tertiary/aromatic N) is 5. The molecule has 26 heavy (non-hydrogen) atoms. The van der Waals surface area contributed by atoms with Crippen LogP contribution >= 0.6 is 0 Å². The zero-order valence-electron chi connectivity index (χ0n) is 15.4. The van der Waals surface area contributed by atoms with Crippen molar-refractivity contribution in [2.75, 3.05) is 26.0 Å². The molecule has 138 valence electrons. The van der Waals surface area contributed by atoms with Gasteiger partial charge < -0.3 is 15.1 Å². The van der Waals surface area contributed by atoms with E-state index in [2.05, 4.69) is 15.4 Å². The second-order valence-electron chi connectivity index (χ2n) is 6.64. The van der Waals surface area contributed by atoms with E-state index < -0.39 is 0 Å². The van der Waals surface area contributed by atoms with Crippen molar-refractivity contribution in [2.24, 2.45) is 0 Å². The fourth-order valence-corrected chi connectivity index (χ4v) is 2.94. The van der Waals surface area contributed by atoms with Crippen LogP contribution in [0.1, 0.15) is 35.1 Å². The summed E-state index contributed by atoms with van der Waals surface area (Å²) in [5.74, 6) is 0.696. The number of hydrogen-bond acceptors (Lipinski definition) is 5. The zero-order valence-corrected chi connectivity index (χ0v) is 15.4. The first kappa shape index (κ1) is 17.9. The first-order valence-corrected chi connectivity index (χ1v) is 8.66. The molecule has 8 heteroatoms. The average Bonchev–Trinajstić information content (AvgIpc) is 2.89. The van der Waals surface area contributed by atoms with E-state index in [0.717, 1.165) is 30.9 Å². The predicted octanol–water partition coefficient (Wildman–Crippen LogP) is 1.98. The third kappa shape index (κ3) is 4.01. The van der Waals surface area contributed by atoms with Crippen LogP contribution in [0.3, 0.4) is 0 Å². The standard InChI is InChI=1S/C18H24N6O2/c1-13(25)14-5-6-17(19-10-14)20-11-15-9-16-12-23(18(26)22(2)3)7-4-8-24(16)21-15/h5-6,9-10H,4,7-8,11-12H2,1-3H3,(H,19,20). The van der Waals surface area contributed by atoms with E-state index in [4.69, 9.17) is 0 Å². The van der Waals surface area contributed by atoms with Crippen LogP contribution in [0, 0.1) is 0 Å². The largest absolute Gasteiger partial charge is 0.364 e. The molecule has 0 radical (unpaired) electrons. The minimum Gasteiger partial charge on any atom is -0.364 e. The van der Waals surface area contributed by atoms with Crippen molar-refractivity contribution in [2.45, 2.75) is 33.0 Å². The number of aromatic nitrogens is 3. The normalized spacial score (nSPS) is 13.7. The van der Waals surface area contributed by atoms with E-state index in [1.54, 1.807) is 37.3 Å². The van der Waals surface area contributed by atoms with Crippen LogP contribution in [0.15, 0.2) is 24.4 Å². The van der Waals surface area contributed by atoms with Crippen LogP contribution < -0.4 is 5.32 Å². The van der Waals surface area contributed by atoms with E-state index in [1.807, 2.05) is 15.6 Å². The van der Waals surface area contributed by atoms with Crippen molar-refractivity contribution in [3.8, 4) is 0 Å². The van der Waals surface area contributed by atoms with Crippen LogP contribution in [-0.2, 0) is 19.6 Å². The SMILES string of the molecule is CC(=O)c1ccc(NCc2cc3n(n2)CCCN(C(=O)N(C)C)C3)nc1. The van der Waals surface area contributed by atoms with Crippen molar-refractivity contribution in [3.05, 3.63) is 41.3 Å². The van der Waals surface area contributed by atoms with E-state index in [9.17, 15) is 9.59 Å². The summed E-state index contributed by atoms with van der Waals surface area (Å²) in [6.07, 6.45) is 2.45. The number of pyridine rings is 1. The summed E-state index contributed by atoms with van der Waals surface area (Å²) in [5.41, 5.74) is 2.53. The second kappa shape index (κ2) is 7.55. The Balaban J connectivity index is 1.65. The van der Waals surface area contributed by atoms with Gasteiger partial charge in [0.25, 0.3) is 0 Å². The Bertz CT molecular complexity index is 797. The summed E-state index contributed by atoms with van der Waals surface area (Å²) in [6.45, 7) is 4.16. The van der Waals surface area contributed by atoms with Crippen LogP contribution in [0.4, 0.5) is 10.6 Å². The molecule has 0 saturated heterocycles. The number of nitrogens with one attached hydrogen (secondary N) is 1. The van der Waals surface area contributed by atoms with Gasteiger partial charge in [-0.15, -0.1) is 0 Å². The van der Waals surface area contributed by atoms with E-state index >= 15 is 0 Å². The minimum absolute atomic E-state index is 0.00119. The van der Waals surface area contributed by atoms with Gasteiger partial charge >= 0.3 is 6.03 Å². The van der Waals surface area contributed by atoms with Crippen molar-refractivity contribution in [3.63, 3.8) is 0 Å². The van der Waals surface area contributed by atoms with Gasteiger partial charge in [-0.25, -0.2) is 9.78 Å². The highest BCUT2D eigenvalue weighted by molar-refractivity contribution is 5.93.